The highest BCUT2D eigenvalue weighted by Crippen LogP contribution is 2.22. The molecule has 8 nitrogen and oxygen atoms in total. The van der Waals surface area contributed by atoms with Crippen molar-refractivity contribution in [2.24, 2.45) is 0 Å². The molecule has 126 valence electrons. The maximum absolute atomic E-state index is 10.9. The quantitative estimate of drug-likeness (QED) is 0.600. The summed E-state index contributed by atoms with van der Waals surface area (Å²) in [5, 5.41) is 10.9. The minimum absolute atomic E-state index is 0.0619. The molecule has 8 heteroatoms. The molecule has 0 N–H and O–H groups in total. The van der Waals surface area contributed by atoms with Gasteiger partial charge in [0.2, 0.25) is 0 Å². The summed E-state index contributed by atoms with van der Waals surface area (Å²) in [6.07, 6.45) is 0.124. The minimum atomic E-state index is -0.396. The van der Waals surface area contributed by atoms with Crippen molar-refractivity contribution in [2.75, 3.05) is 57.4 Å². The number of pyridine rings is 1. The minimum Gasteiger partial charge on any atom is -0.379 e. The molecule has 0 spiro atoms. The Kier molecular flexibility index (Phi) is 5.04. The van der Waals surface area contributed by atoms with Gasteiger partial charge in [-0.05, 0) is 13.0 Å². The maximum atomic E-state index is 10.9. The molecule has 2 aliphatic rings. The zero-order chi connectivity index (χ0) is 16.2. The number of hydrogen-bond acceptors (Lipinski definition) is 7. The van der Waals surface area contributed by atoms with Gasteiger partial charge in [0.25, 0.3) is 5.69 Å². The van der Waals surface area contributed by atoms with E-state index in [1.807, 2.05) is 0 Å². The lowest BCUT2D eigenvalue weighted by atomic mass is 10.2. The summed E-state index contributed by atoms with van der Waals surface area (Å²) in [5.41, 5.74) is 0.510. The number of nitrogens with zero attached hydrogens (tertiary/aromatic N) is 4. The smallest absolute Gasteiger partial charge is 0.290 e. The molecule has 1 unspecified atom stereocenters. The fourth-order valence-electron chi connectivity index (χ4n) is 3.02. The average molecular weight is 322 g/mol. The van der Waals surface area contributed by atoms with Gasteiger partial charge >= 0.3 is 0 Å². The Hall–Kier alpha value is -1.77. The molecule has 2 aliphatic heterocycles. The first kappa shape index (κ1) is 16.1. The summed E-state index contributed by atoms with van der Waals surface area (Å²) in [7, 11) is 0. The van der Waals surface area contributed by atoms with Gasteiger partial charge in [0.1, 0.15) is 11.5 Å². The molecule has 0 amide bonds. The predicted octanol–water partition coefficient (Wildman–Crippen LogP) is 0.836. The van der Waals surface area contributed by atoms with Crippen molar-refractivity contribution < 1.29 is 14.4 Å². The van der Waals surface area contributed by atoms with E-state index in [4.69, 9.17) is 9.47 Å². The van der Waals surface area contributed by atoms with E-state index >= 15 is 0 Å². The normalized spacial score (nSPS) is 23.0. The van der Waals surface area contributed by atoms with Crippen LogP contribution in [0.2, 0.25) is 0 Å². The third-order valence-electron chi connectivity index (χ3n) is 4.27. The van der Waals surface area contributed by atoms with Crippen LogP contribution in [0.3, 0.4) is 0 Å². The van der Waals surface area contributed by atoms with Crippen molar-refractivity contribution >= 4 is 11.5 Å². The summed E-state index contributed by atoms with van der Waals surface area (Å²) >= 11 is 0. The lowest BCUT2D eigenvalue weighted by molar-refractivity contribution is -0.385. The molecule has 3 rings (SSSR count). The molecule has 0 aromatic carbocycles. The summed E-state index contributed by atoms with van der Waals surface area (Å²) in [5.74, 6) is 0.781. The van der Waals surface area contributed by atoms with Crippen molar-refractivity contribution in [1.82, 2.24) is 9.88 Å². The van der Waals surface area contributed by atoms with Crippen molar-refractivity contribution in [3.63, 3.8) is 0 Å². The monoisotopic (exact) mass is 322 g/mol. The number of morpholine rings is 2. The van der Waals surface area contributed by atoms with E-state index in [0.29, 0.717) is 12.3 Å². The van der Waals surface area contributed by atoms with Crippen molar-refractivity contribution in [1.29, 1.82) is 0 Å². The highest BCUT2D eigenvalue weighted by Gasteiger charge is 2.25. The van der Waals surface area contributed by atoms with Gasteiger partial charge in [-0.3, -0.25) is 15.0 Å². The zero-order valence-electron chi connectivity index (χ0n) is 13.3. The Morgan fingerprint density at radius 2 is 2.09 bits per heavy atom. The largest absolute Gasteiger partial charge is 0.379 e. The molecular weight excluding hydrogens is 300 g/mol. The molecule has 1 aromatic rings. The lowest BCUT2D eigenvalue weighted by Gasteiger charge is -2.37. The van der Waals surface area contributed by atoms with Crippen LogP contribution in [0.25, 0.3) is 0 Å². The van der Waals surface area contributed by atoms with E-state index in [1.165, 1.54) is 6.07 Å². The van der Waals surface area contributed by atoms with Crippen LogP contribution >= 0.6 is 0 Å². The molecule has 2 fully saturated rings. The van der Waals surface area contributed by atoms with E-state index < -0.39 is 4.92 Å². The number of hydrogen-bond donors (Lipinski definition) is 0. The summed E-state index contributed by atoms with van der Waals surface area (Å²) in [6, 6.07) is 3.26. The molecule has 2 saturated heterocycles. The number of anilines is 1. The van der Waals surface area contributed by atoms with Crippen LogP contribution in [-0.2, 0) is 9.47 Å². The molecule has 0 saturated carbocycles. The second-order valence-electron chi connectivity index (χ2n) is 5.88. The Morgan fingerprint density at radius 3 is 2.78 bits per heavy atom. The number of nitro groups is 1. The van der Waals surface area contributed by atoms with Crippen LogP contribution in [0, 0.1) is 17.0 Å². The Balaban J connectivity index is 1.63. The maximum Gasteiger partial charge on any atom is 0.290 e. The predicted molar refractivity (Wildman–Crippen MR) is 84.8 cm³/mol. The number of aromatic nitrogens is 1. The molecule has 1 aromatic heterocycles. The Morgan fingerprint density at radius 1 is 1.30 bits per heavy atom. The summed E-state index contributed by atoms with van der Waals surface area (Å²) in [4.78, 5) is 19.4. The molecule has 0 bridgehead atoms. The van der Waals surface area contributed by atoms with Gasteiger partial charge in [0.15, 0.2) is 0 Å². The van der Waals surface area contributed by atoms with E-state index in [1.54, 1.807) is 13.0 Å². The molecule has 0 aliphatic carbocycles. The fraction of sp³-hybridized carbons (Fsp3) is 0.667. The second-order valence-corrected chi connectivity index (χ2v) is 5.88. The lowest BCUT2D eigenvalue weighted by Crippen LogP contribution is -2.50. The highest BCUT2D eigenvalue weighted by atomic mass is 16.6. The first-order valence-electron chi connectivity index (χ1n) is 7.92. The molecule has 0 radical (unpaired) electrons. The van der Waals surface area contributed by atoms with Gasteiger partial charge in [-0.2, -0.15) is 0 Å². The van der Waals surface area contributed by atoms with E-state index in [2.05, 4.69) is 14.8 Å². The van der Waals surface area contributed by atoms with Gasteiger partial charge in [-0.25, -0.2) is 4.98 Å². The molecule has 23 heavy (non-hydrogen) atoms. The standard InChI is InChI=1S/C15H22N4O4/c1-12-14(19(20)21)2-3-15(16-12)18-6-9-23-13(11-18)10-17-4-7-22-8-5-17/h2-3,13H,4-11H2,1H3. The molecule has 1 atom stereocenters. The summed E-state index contributed by atoms with van der Waals surface area (Å²) < 4.78 is 11.2. The van der Waals surface area contributed by atoms with E-state index in [0.717, 1.165) is 51.8 Å². The second kappa shape index (κ2) is 7.20. The van der Waals surface area contributed by atoms with Gasteiger partial charge in [0.05, 0.1) is 30.8 Å². The van der Waals surface area contributed by atoms with Crippen molar-refractivity contribution in [3.05, 3.63) is 27.9 Å². The average Bonchev–Trinajstić information content (AvgIpc) is 2.55. The van der Waals surface area contributed by atoms with Gasteiger partial charge < -0.3 is 14.4 Å². The first-order valence-corrected chi connectivity index (χ1v) is 7.92. The fourth-order valence-corrected chi connectivity index (χ4v) is 3.02. The molecule has 3 heterocycles. The topological polar surface area (TPSA) is 81.0 Å². The Labute approximate surface area is 135 Å². The van der Waals surface area contributed by atoms with Gasteiger partial charge in [-0.15, -0.1) is 0 Å². The highest BCUT2D eigenvalue weighted by molar-refractivity contribution is 5.47. The first-order chi connectivity index (χ1) is 11.1. The number of aryl methyl sites for hydroxylation is 1. The van der Waals surface area contributed by atoms with Crippen LogP contribution < -0.4 is 4.90 Å². The molecular formula is C15H22N4O4. The third-order valence-corrected chi connectivity index (χ3v) is 4.27. The van der Waals surface area contributed by atoms with Crippen molar-refractivity contribution in [3.8, 4) is 0 Å². The third kappa shape index (κ3) is 3.95. The van der Waals surface area contributed by atoms with Crippen LogP contribution in [0.4, 0.5) is 11.5 Å². The van der Waals surface area contributed by atoms with Gasteiger partial charge in [0, 0.05) is 38.8 Å². The van der Waals surface area contributed by atoms with Gasteiger partial charge in [-0.1, -0.05) is 0 Å². The SMILES string of the molecule is Cc1nc(N2CCOC(CN3CCOCC3)C2)ccc1[N+](=O)[O-]. The number of ether oxygens (including phenoxy) is 2. The van der Waals surface area contributed by atoms with Crippen LogP contribution in [0.5, 0.6) is 0 Å². The number of rotatable bonds is 4. The summed E-state index contributed by atoms with van der Waals surface area (Å²) in [6.45, 7) is 8.14. The van der Waals surface area contributed by atoms with E-state index in [9.17, 15) is 10.1 Å². The zero-order valence-corrected chi connectivity index (χ0v) is 13.3. The van der Waals surface area contributed by atoms with Crippen LogP contribution in [-0.4, -0.2) is 73.5 Å². The van der Waals surface area contributed by atoms with Crippen LogP contribution in [0.15, 0.2) is 12.1 Å². The van der Waals surface area contributed by atoms with Crippen molar-refractivity contribution in [2.45, 2.75) is 13.0 Å². The van der Waals surface area contributed by atoms with E-state index in [-0.39, 0.29) is 11.8 Å². The Bertz CT molecular complexity index is 562. The van der Waals surface area contributed by atoms with Crippen LogP contribution in [0.1, 0.15) is 5.69 Å².